The molecular formula is C19H20ClN3O3. The third-order valence-electron chi connectivity index (χ3n) is 3.63. The molecular weight excluding hydrogens is 354 g/mol. The second-order valence-electron chi connectivity index (χ2n) is 5.88. The standard InChI is InChI=1S/C19H20ClN3O3/c1-23-13-21-19(22-23)15-3-2-4-18(9-15)26-12-17(24)11-25-10-14-5-7-16(20)8-6-14/h2-9,13,17,24H,10-12H2,1H3/t17-/m0/s1. The first-order chi connectivity index (χ1) is 12.6. The molecule has 0 radical (unpaired) electrons. The van der Waals surface area contributed by atoms with Crippen molar-refractivity contribution < 1.29 is 14.6 Å². The molecule has 2 aromatic carbocycles. The van der Waals surface area contributed by atoms with Gasteiger partial charge in [0.05, 0.1) is 13.2 Å². The van der Waals surface area contributed by atoms with Gasteiger partial charge in [0, 0.05) is 17.6 Å². The van der Waals surface area contributed by atoms with Gasteiger partial charge in [-0.3, -0.25) is 4.68 Å². The quantitative estimate of drug-likeness (QED) is 0.657. The highest BCUT2D eigenvalue weighted by molar-refractivity contribution is 6.30. The van der Waals surface area contributed by atoms with Gasteiger partial charge in [0.2, 0.25) is 0 Å². The normalized spacial score (nSPS) is 12.1. The van der Waals surface area contributed by atoms with Crippen LogP contribution in [0.1, 0.15) is 5.56 Å². The molecule has 0 spiro atoms. The van der Waals surface area contributed by atoms with Gasteiger partial charge in [-0.1, -0.05) is 35.9 Å². The van der Waals surface area contributed by atoms with Gasteiger partial charge in [-0.15, -0.1) is 0 Å². The Bertz CT molecular complexity index is 836. The van der Waals surface area contributed by atoms with Crippen molar-refractivity contribution in [1.29, 1.82) is 0 Å². The van der Waals surface area contributed by atoms with E-state index < -0.39 is 6.10 Å². The van der Waals surface area contributed by atoms with E-state index in [0.717, 1.165) is 11.1 Å². The van der Waals surface area contributed by atoms with Crippen molar-refractivity contribution in [3.63, 3.8) is 0 Å². The zero-order valence-corrected chi connectivity index (χ0v) is 15.1. The molecule has 136 valence electrons. The lowest BCUT2D eigenvalue weighted by Crippen LogP contribution is -2.23. The van der Waals surface area contributed by atoms with Gasteiger partial charge in [-0.2, -0.15) is 5.10 Å². The SMILES string of the molecule is Cn1cnc(-c2cccc(OC[C@@H](O)COCc3ccc(Cl)cc3)c2)n1. The van der Waals surface area contributed by atoms with Crippen LogP contribution in [0.4, 0.5) is 0 Å². The lowest BCUT2D eigenvalue weighted by molar-refractivity contribution is 0.00550. The van der Waals surface area contributed by atoms with Crippen LogP contribution in [0, 0.1) is 0 Å². The minimum Gasteiger partial charge on any atom is -0.491 e. The Labute approximate surface area is 157 Å². The van der Waals surface area contributed by atoms with Crippen molar-refractivity contribution in [1.82, 2.24) is 14.8 Å². The number of aliphatic hydroxyl groups excluding tert-OH is 1. The lowest BCUT2D eigenvalue weighted by Gasteiger charge is -2.13. The van der Waals surface area contributed by atoms with E-state index in [0.29, 0.717) is 23.2 Å². The van der Waals surface area contributed by atoms with Gasteiger partial charge >= 0.3 is 0 Å². The maximum Gasteiger partial charge on any atom is 0.181 e. The van der Waals surface area contributed by atoms with Crippen molar-refractivity contribution in [2.45, 2.75) is 12.7 Å². The van der Waals surface area contributed by atoms with Crippen molar-refractivity contribution in [2.75, 3.05) is 13.2 Å². The Morgan fingerprint density at radius 3 is 2.69 bits per heavy atom. The van der Waals surface area contributed by atoms with Crippen molar-refractivity contribution >= 4 is 11.6 Å². The number of nitrogens with zero attached hydrogens (tertiary/aromatic N) is 3. The van der Waals surface area contributed by atoms with Gasteiger partial charge < -0.3 is 14.6 Å². The van der Waals surface area contributed by atoms with E-state index in [1.165, 1.54) is 0 Å². The maximum atomic E-state index is 10.0. The zero-order valence-electron chi connectivity index (χ0n) is 14.4. The number of rotatable bonds is 8. The number of ether oxygens (including phenoxy) is 2. The number of aromatic nitrogens is 3. The first-order valence-corrected chi connectivity index (χ1v) is 8.57. The van der Waals surface area contributed by atoms with E-state index in [-0.39, 0.29) is 13.2 Å². The predicted molar refractivity (Wildman–Crippen MR) is 99.0 cm³/mol. The van der Waals surface area contributed by atoms with Crippen molar-refractivity contribution in [3.8, 4) is 17.1 Å². The molecule has 6 nitrogen and oxygen atoms in total. The summed E-state index contributed by atoms with van der Waals surface area (Å²) in [6, 6.07) is 14.8. The molecule has 0 aliphatic heterocycles. The van der Waals surface area contributed by atoms with E-state index >= 15 is 0 Å². The maximum absolute atomic E-state index is 10.0. The second kappa shape index (κ2) is 8.80. The first-order valence-electron chi connectivity index (χ1n) is 8.19. The Balaban J connectivity index is 1.45. The minimum absolute atomic E-state index is 0.139. The fourth-order valence-corrected chi connectivity index (χ4v) is 2.46. The topological polar surface area (TPSA) is 69.4 Å². The molecule has 0 amide bonds. The number of benzene rings is 2. The molecule has 0 unspecified atom stereocenters. The fourth-order valence-electron chi connectivity index (χ4n) is 2.33. The molecule has 0 saturated heterocycles. The zero-order chi connectivity index (χ0) is 18.4. The fraction of sp³-hybridized carbons (Fsp3) is 0.263. The van der Waals surface area contributed by atoms with Crippen LogP contribution in [0.2, 0.25) is 5.02 Å². The summed E-state index contributed by atoms with van der Waals surface area (Å²) in [5.74, 6) is 1.27. The number of hydrogen-bond acceptors (Lipinski definition) is 5. The first kappa shape index (κ1) is 18.4. The summed E-state index contributed by atoms with van der Waals surface area (Å²) in [5.41, 5.74) is 1.86. The largest absolute Gasteiger partial charge is 0.491 e. The average molecular weight is 374 g/mol. The summed E-state index contributed by atoms with van der Waals surface area (Å²) in [6.07, 6.45) is 0.920. The Morgan fingerprint density at radius 1 is 1.15 bits per heavy atom. The highest BCUT2D eigenvalue weighted by Crippen LogP contribution is 2.20. The molecule has 1 N–H and O–H groups in total. The summed E-state index contributed by atoms with van der Waals surface area (Å²) in [7, 11) is 1.82. The predicted octanol–water partition coefficient (Wildman–Crippen LogP) is 3.09. The minimum atomic E-state index is -0.723. The van der Waals surface area contributed by atoms with Crippen LogP contribution in [-0.2, 0) is 18.4 Å². The van der Waals surface area contributed by atoms with Crippen LogP contribution in [-0.4, -0.2) is 39.2 Å². The van der Waals surface area contributed by atoms with E-state index in [1.807, 2.05) is 55.6 Å². The molecule has 3 rings (SSSR count). The van der Waals surface area contributed by atoms with Crippen molar-refractivity contribution in [2.24, 2.45) is 7.05 Å². The van der Waals surface area contributed by atoms with Gasteiger partial charge in [0.15, 0.2) is 5.82 Å². The van der Waals surface area contributed by atoms with Gasteiger partial charge in [0.1, 0.15) is 24.8 Å². The van der Waals surface area contributed by atoms with Crippen LogP contribution in [0.5, 0.6) is 5.75 Å². The molecule has 0 bridgehead atoms. The lowest BCUT2D eigenvalue weighted by atomic mass is 10.2. The Morgan fingerprint density at radius 2 is 1.96 bits per heavy atom. The Hall–Kier alpha value is -2.41. The smallest absolute Gasteiger partial charge is 0.181 e. The summed E-state index contributed by atoms with van der Waals surface area (Å²) in [6.45, 7) is 0.735. The highest BCUT2D eigenvalue weighted by Gasteiger charge is 2.08. The summed E-state index contributed by atoms with van der Waals surface area (Å²) in [5, 5.41) is 15.0. The van der Waals surface area contributed by atoms with Gasteiger partial charge in [0.25, 0.3) is 0 Å². The van der Waals surface area contributed by atoms with Crippen LogP contribution < -0.4 is 4.74 Å². The molecule has 0 aliphatic rings. The summed E-state index contributed by atoms with van der Waals surface area (Å²) < 4.78 is 12.8. The van der Waals surface area contributed by atoms with Crippen LogP contribution in [0.25, 0.3) is 11.4 Å². The van der Waals surface area contributed by atoms with E-state index in [4.69, 9.17) is 21.1 Å². The second-order valence-corrected chi connectivity index (χ2v) is 6.31. The van der Waals surface area contributed by atoms with E-state index in [1.54, 1.807) is 11.0 Å². The third-order valence-corrected chi connectivity index (χ3v) is 3.88. The molecule has 1 atom stereocenters. The summed E-state index contributed by atoms with van der Waals surface area (Å²) in [4.78, 5) is 4.22. The summed E-state index contributed by atoms with van der Waals surface area (Å²) >= 11 is 5.84. The molecule has 7 heteroatoms. The van der Waals surface area contributed by atoms with E-state index in [9.17, 15) is 5.11 Å². The molecule has 0 aliphatic carbocycles. The molecule has 3 aromatic rings. The monoisotopic (exact) mass is 373 g/mol. The Kier molecular flexibility index (Phi) is 6.22. The third kappa shape index (κ3) is 5.29. The van der Waals surface area contributed by atoms with Crippen LogP contribution >= 0.6 is 11.6 Å². The molecule has 1 heterocycles. The number of hydrogen-bond donors (Lipinski definition) is 1. The average Bonchev–Trinajstić information content (AvgIpc) is 3.08. The molecule has 1 aromatic heterocycles. The molecule has 26 heavy (non-hydrogen) atoms. The van der Waals surface area contributed by atoms with Gasteiger partial charge in [-0.25, -0.2) is 4.98 Å². The van der Waals surface area contributed by atoms with Crippen molar-refractivity contribution in [3.05, 3.63) is 65.4 Å². The highest BCUT2D eigenvalue weighted by atomic mass is 35.5. The molecule has 0 saturated carbocycles. The number of aryl methyl sites for hydroxylation is 1. The van der Waals surface area contributed by atoms with Crippen LogP contribution in [0.3, 0.4) is 0 Å². The van der Waals surface area contributed by atoms with E-state index in [2.05, 4.69) is 10.1 Å². The number of halogens is 1. The number of aliphatic hydroxyl groups is 1. The van der Waals surface area contributed by atoms with Crippen LogP contribution in [0.15, 0.2) is 54.9 Å². The molecule has 0 fully saturated rings. The van der Waals surface area contributed by atoms with Gasteiger partial charge in [-0.05, 0) is 29.8 Å².